The number of ether oxygens (including phenoxy) is 2. The molecule has 2 aromatic carbocycles. The highest BCUT2D eigenvalue weighted by Gasteiger charge is 2.15. The Bertz CT molecular complexity index is 715. The number of nitrogens with zero attached hydrogens (tertiary/aromatic N) is 1. The fraction of sp³-hybridized carbons (Fsp3) is 0.133. The summed E-state index contributed by atoms with van der Waals surface area (Å²) < 4.78 is 10.6. The van der Waals surface area contributed by atoms with E-state index in [1.54, 1.807) is 36.5 Å². The highest BCUT2D eigenvalue weighted by Crippen LogP contribution is 2.36. The van der Waals surface area contributed by atoms with Crippen molar-refractivity contribution in [3.63, 3.8) is 0 Å². The van der Waals surface area contributed by atoms with E-state index in [1.807, 2.05) is 0 Å². The average Bonchev–Trinajstić information content (AvgIpc) is 2.93. The van der Waals surface area contributed by atoms with Crippen molar-refractivity contribution in [2.75, 3.05) is 6.79 Å². The minimum Gasteiger partial charge on any atom is -0.454 e. The summed E-state index contributed by atoms with van der Waals surface area (Å²) in [6.07, 6.45) is 1.61. The number of halogens is 3. The maximum Gasteiger partial charge on any atom is 0.231 e. The molecule has 7 heteroatoms. The molecule has 2 aromatic rings. The van der Waals surface area contributed by atoms with Gasteiger partial charge in [0.15, 0.2) is 11.5 Å². The molecule has 114 valence electrons. The fourth-order valence-corrected chi connectivity index (χ4v) is 2.71. The first-order valence-corrected chi connectivity index (χ1v) is 7.56. The molecule has 0 aromatic heterocycles. The van der Waals surface area contributed by atoms with Gasteiger partial charge in [0.25, 0.3) is 0 Å². The summed E-state index contributed by atoms with van der Waals surface area (Å²) in [5, 5.41) is 5.85. The molecule has 0 atom stereocenters. The van der Waals surface area contributed by atoms with E-state index in [0.29, 0.717) is 33.1 Å². The number of hydrogen-bond donors (Lipinski definition) is 1. The Hall–Kier alpha value is -1.62. The second-order valence-electron chi connectivity index (χ2n) is 4.52. The van der Waals surface area contributed by atoms with Crippen molar-refractivity contribution in [1.29, 1.82) is 0 Å². The molecule has 0 unspecified atom stereocenters. The van der Waals surface area contributed by atoms with E-state index >= 15 is 0 Å². The van der Waals surface area contributed by atoms with Crippen molar-refractivity contribution in [3.8, 4) is 11.5 Å². The Labute approximate surface area is 142 Å². The molecule has 0 saturated carbocycles. The lowest BCUT2D eigenvalue weighted by atomic mass is 10.2. The van der Waals surface area contributed by atoms with Gasteiger partial charge in [-0.2, -0.15) is 5.10 Å². The van der Waals surface area contributed by atoms with Crippen LogP contribution in [0.25, 0.3) is 0 Å². The molecule has 0 fully saturated rings. The molecule has 4 nitrogen and oxygen atoms in total. The molecule has 1 aliphatic heterocycles. The van der Waals surface area contributed by atoms with Crippen molar-refractivity contribution in [2.24, 2.45) is 5.10 Å². The van der Waals surface area contributed by atoms with E-state index in [-0.39, 0.29) is 6.79 Å². The van der Waals surface area contributed by atoms with Crippen LogP contribution in [0, 0.1) is 0 Å². The Morgan fingerprint density at radius 2 is 1.73 bits per heavy atom. The smallest absolute Gasteiger partial charge is 0.231 e. The SMILES string of the molecule is Clc1cc2c(cc1/C=N/NCc1c(Cl)cccc1Cl)OCO2. The van der Waals surface area contributed by atoms with E-state index in [2.05, 4.69) is 10.5 Å². The number of hydrazone groups is 1. The molecule has 22 heavy (non-hydrogen) atoms. The molecule has 0 spiro atoms. The van der Waals surface area contributed by atoms with Crippen molar-refractivity contribution in [1.82, 2.24) is 5.43 Å². The highest BCUT2D eigenvalue weighted by molar-refractivity contribution is 6.36. The molecule has 1 aliphatic rings. The number of fused-ring (bicyclic) bond motifs is 1. The van der Waals surface area contributed by atoms with Gasteiger partial charge < -0.3 is 14.9 Å². The summed E-state index contributed by atoms with van der Waals surface area (Å²) in [7, 11) is 0. The Morgan fingerprint density at radius 3 is 2.45 bits per heavy atom. The molecule has 0 saturated heterocycles. The summed E-state index contributed by atoms with van der Waals surface area (Å²) in [6.45, 7) is 0.618. The van der Waals surface area contributed by atoms with Crippen LogP contribution in [0.1, 0.15) is 11.1 Å². The molecule has 0 bridgehead atoms. The van der Waals surface area contributed by atoms with Gasteiger partial charge in [0.1, 0.15) is 0 Å². The van der Waals surface area contributed by atoms with E-state index in [1.165, 1.54) is 0 Å². The predicted molar refractivity (Wildman–Crippen MR) is 88.5 cm³/mol. The van der Waals surface area contributed by atoms with Gasteiger partial charge in [-0.15, -0.1) is 0 Å². The van der Waals surface area contributed by atoms with Crippen molar-refractivity contribution < 1.29 is 9.47 Å². The summed E-state index contributed by atoms with van der Waals surface area (Å²) in [5.41, 5.74) is 4.41. The summed E-state index contributed by atoms with van der Waals surface area (Å²) in [6, 6.07) is 8.84. The van der Waals surface area contributed by atoms with Crippen LogP contribution >= 0.6 is 34.8 Å². The van der Waals surface area contributed by atoms with Gasteiger partial charge in [-0.25, -0.2) is 0 Å². The van der Waals surface area contributed by atoms with Crippen LogP contribution < -0.4 is 14.9 Å². The molecular weight excluding hydrogens is 347 g/mol. The van der Waals surface area contributed by atoms with Crippen LogP contribution in [-0.4, -0.2) is 13.0 Å². The molecule has 0 aliphatic carbocycles. The van der Waals surface area contributed by atoms with E-state index in [9.17, 15) is 0 Å². The van der Waals surface area contributed by atoms with Crippen LogP contribution in [0.15, 0.2) is 35.4 Å². The van der Waals surface area contributed by atoms with Crippen LogP contribution in [-0.2, 0) is 6.54 Å². The Balaban J connectivity index is 1.68. The van der Waals surface area contributed by atoms with Crippen molar-refractivity contribution in [3.05, 3.63) is 56.5 Å². The maximum absolute atomic E-state index is 6.16. The van der Waals surface area contributed by atoms with Gasteiger partial charge in [0, 0.05) is 27.2 Å². The van der Waals surface area contributed by atoms with Crippen molar-refractivity contribution >= 4 is 41.0 Å². The molecule has 1 N–H and O–H groups in total. The number of rotatable bonds is 4. The molecule has 0 amide bonds. The first-order chi connectivity index (χ1) is 10.6. The summed E-state index contributed by atoms with van der Waals surface area (Å²) in [5.74, 6) is 1.29. The number of benzene rings is 2. The standard InChI is InChI=1S/C15H11Cl3N2O2/c16-11-2-1-3-12(17)10(11)7-20-19-6-9-4-14-15(5-13(9)18)22-8-21-14/h1-6,20H,7-8H2/b19-6+. The third kappa shape index (κ3) is 3.24. The zero-order valence-electron chi connectivity index (χ0n) is 11.3. The van der Waals surface area contributed by atoms with Gasteiger partial charge >= 0.3 is 0 Å². The minimum atomic E-state index is 0.204. The lowest BCUT2D eigenvalue weighted by Gasteiger charge is -2.06. The van der Waals surface area contributed by atoms with E-state index in [4.69, 9.17) is 44.3 Å². The van der Waals surface area contributed by atoms with Crippen LogP contribution in [0.4, 0.5) is 0 Å². The maximum atomic E-state index is 6.16. The monoisotopic (exact) mass is 356 g/mol. The number of nitrogens with one attached hydrogen (secondary N) is 1. The predicted octanol–water partition coefficient (Wildman–Crippen LogP) is 4.50. The highest BCUT2D eigenvalue weighted by atomic mass is 35.5. The zero-order valence-corrected chi connectivity index (χ0v) is 13.5. The molecular formula is C15H11Cl3N2O2. The van der Waals surface area contributed by atoms with Gasteiger partial charge in [0.05, 0.1) is 17.8 Å². The first kappa shape index (κ1) is 15.3. The first-order valence-electron chi connectivity index (χ1n) is 6.43. The molecule has 3 rings (SSSR count). The number of hydrogen-bond acceptors (Lipinski definition) is 4. The van der Waals surface area contributed by atoms with E-state index in [0.717, 1.165) is 11.1 Å². The summed E-state index contributed by atoms with van der Waals surface area (Å²) >= 11 is 18.3. The van der Waals surface area contributed by atoms with Gasteiger partial charge in [-0.1, -0.05) is 40.9 Å². The second-order valence-corrected chi connectivity index (χ2v) is 5.74. The topological polar surface area (TPSA) is 42.9 Å². The Morgan fingerprint density at radius 1 is 1.05 bits per heavy atom. The van der Waals surface area contributed by atoms with Gasteiger partial charge in [0.2, 0.25) is 6.79 Å². The lowest BCUT2D eigenvalue weighted by Crippen LogP contribution is -2.06. The van der Waals surface area contributed by atoms with Crippen LogP contribution in [0.2, 0.25) is 15.1 Å². The third-order valence-electron chi connectivity index (χ3n) is 3.10. The normalized spacial score (nSPS) is 12.9. The quantitative estimate of drug-likeness (QED) is 0.647. The van der Waals surface area contributed by atoms with Gasteiger partial charge in [-0.05, 0) is 18.2 Å². The van der Waals surface area contributed by atoms with Crippen LogP contribution in [0.3, 0.4) is 0 Å². The van der Waals surface area contributed by atoms with Gasteiger partial charge in [-0.3, -0.25) is 0 Å². The summed E-state index contributed by atoms with van der Waals surface area (Å²) in [4.78, 5) is 0. The molecule has 0 radical (unpaired) electrons. The van der Waals surface area contributed by atoms with Crippen LogP contribution in [0.5, 0.6) is 11.5 Å². The van der Waals surface area contributed by atoms with E-state index < -0.39 is 0 Å². The average molecular weight is 358 g/mol. The third-order valence-corrected chi connectivity index (χ3v) is 4.14. The largest absolute Gasteiger partial charge is 0.454 e. The second kappa shape index (κ2) is 6.65. The fourth-order valence-electron chi connectivity index (χ4n) is 1.97. The minimum absolute atomic E-state index is 0.204. The Kier molecular flexibility index (Phi) is 4.62. The zero-order chi connectivity index (χ0) is 15.5. The van der Waals surface area contributed by atoms with Crippen molar-refractivity contribution in [2.45, 2.75) is 6.54 Å². The molecule has 1 heterocycles. The lowest BCUT2D eigenvalue weighted by molar-refractivity contribution is 0.174.